The molecule has 12 heavy (non-hydrogen) atoms. The quantitative estimate of drug-likeness (QED) is 0.559. The summed E-state index contributed by atoms with van der Waals surface area (Å²) >= 11 is 0. The lowest BCUT2D eigenvalue weighted by molar-refractivity contribution is 0.147. The standard InChI is InChI=1S/C8H13N3O/c1-11-7-2-5(9)3-8(12)6(7)4-10-11/h4-5,8,12H,2-3,9H2,1H3. The number of aryl methyl sites for hydroxylation is 1. The first kappa shape index (κ1) is 7.76. The van der Waals surface area contributed by atoms with Gasteiger partial charge in [-0.3, -0.25) is 4.68 Å². The summed E-state index contributed by atoms with van der Waals surface area (Å²) in [5.74, 6) is 0. The Morgan fingerprint density at radius 3 is 3.25 bits per heavy atom. The van der Waals surface area contributed by atoms with Crippen LogP contribution >= 0.6 is 0 Å². The Bertz CT molecular complexity index is 294. The van der Waals surface area contributed by atoms with Crippen LogP contribution in [0, 0.1) is 0 Å². The number of hydrogen-bond donors (Lipinski definition) is 2. The molecule has 0 spiro atoms. The Labute approximate surface area is 71.0 Å². The molecule has 1 heterocycles. The summed E-state index contributed by atoms with van der Waals surface area (Å²) < 4.78 is 1.79. The Hall–Kier alpha value is -0.870. The fraction of sp³-hybridized carbons (Fsp3) is 0.625. The van der Waals surface area contributed by atoms with Crippen LogP contribution in [0.1, 0.15) is 23.8 Å². The second kappa shape index (κ2) is 2.57. The summed E-state index contributed by atoms with van der Waals surface area (Å²) in [6.07, 6.45) is 2.78. The van der Waals surface area contributed by atoms with Crippen LogP contribution in [0.3, 0.4) is 0 Å². The highest BCUT2D eigenvalue weighted by Gasteiger charge is 2.25. The van der Waals surface area contributed by atoms with Crippen molar-refractivity contribution in [1.82, 2.24) is 9.78 Å². The second-order valence-corrected chi connectivity index (χ2v) is 3.39. The van der Waals surface area contributed by atoms with Crippen molar-refractivity contribution in [1.29, 1.82) is 0 Å². The zero-order valence-electron chi connectivity index (χ0n) is 7.07. The van der Waals surface area contributed by atoms with Gasteiger partial charge in [0.15, 0.2) is 0 Å². The summed E-state index contributed by atoms with van der Waals surface area (Å²) in [5.41, 5.74) is 7.78. The summed E-state index contributed by atoms with van der Waals surface area (Å²) in [4.78, 5) is 0. The van der Waals surface area contributed by atoms with Crippen molar-refractivity contribution in [2.45, 2.75) is 25.0 Å². The largest absolute Gasteiger partial charge is 0.388 e. The van der Waals surface area contributed by atoms with E-state index >= 15 is 0 Å². The summed E-state index contributed by atoms with van der Waals surface area (Å²) in [6, 6.07) is 0.0721. The van der Waals surface area contributed by atoms with E-state index in [9.17, 15) is 5.11 Å². The van der Waals surface area contributed by atoms with Crippen molar-refractivity contribution < 1.29 is 5.11 Å². The maximum atomic E-state index is 9.61. The Morgan fingerprint density at radius 1 is 1.75 bits per heavy atom. The molecule has 1 aromatic rings. The van der Waals surface area contributed by atoms with Crippen LogP contribution in [0.15, 0.2) is 6.20 Å². The van der Waals surface area contributed by atoms with Gasteiger partial charge in [-0.2, -0.15) is 5.10 Å². The van der Waals surface area contributed by atoms with E-state index in [1.807, 2.05) is 7.05 Å². The Kier molecular flexibility index (Phi) is 1.66. The molecule has 3 N–H and O–H groups in total. The van der Waals surface area contributed by atoms with Gasteiger partial charge in [-0.15, -0.1) is 0 Å². The van der Waals surface area contributed by atoms with Gasteiger partial charge < -0.3 is 10.8 Å². The lowest BCUT2D eigenvalue weighted by Crippen LogP contribution is -2.31. The SMILES string of the molecule is Cn1ncc2c1CC(N)CC2O. The molecule has 0 aromatic carbocycles. The van der Waals surface area contributed by atoms with E-state index in [0.29, 0.717) is 6.42 Å². The Balaban J connectivity index is 2.43. The molecule has 0 saturated carbocycles. The molecule has 0 aliphatic heterocycles. The van der Waals surface area contributed by atoms with Crippen LogP contribution in [-0.4, -0.2) is 20.9 Å². The van der Waals surface area contributed by atoms with E-state index in [1.54, 1.807) is 10.9 Å². The van der Waals surface area contributed by atoms with E-state index < -0.39 is 6.10 Å². The first-order valence-corrected chi connectivity index (χ1v) is 4.13. The van der Waals surface area contributed by atoms with Gasteiger partial charge in [0.05, 0.1) is 12.3 Å². The molecule has 0 saturated heterocycles. The average molecular weight is 167 g/mol. The smallest absolute Gasteiger partial charge is 0.0838 e. The number of aromatic nitrogens is 2. The number of rotatable bonds is 0. The van der Waals surface area contributed by atoms with Gasteiger partial charge in [0.25, 0.3) is 0 Å². The number of fused-ring (bicyclic) bond motifs is 1. The maximum Gasteiger partial charge on any atom is 0.0838 e. The van der Waals surface area contributed by atoms with Crippen LogP contribution in [0.2, 0.25) is 0 Å². The maximum absolute atomic E-state index is 9.61. The van der Waals surface area contributed by atoms with E-state index in [4.69, 9.17) is 5.73 Å². The van der Waals surface area contributed by atoms with Crippen molar-refractivity contribution in [3.63, 3.8) is 0 Å². The molecular weight excluding hydrogens is 154 g/mol. The molecule has 2 rings (SSSR count). The molecule has 0 fully saturated rings. The third-order valence-electron chi connectivity index (χ3n) is 2.43. The number of aliphatic hydroxyl groups is 1. The van der Waals surface area contributed by atoms with E-state index in [1.165, 1.54) is 0 Å². The van der Waals surface area contributed by atoms with Crippen LogP contribution in [0.4, 0.5) is 0 Å². The fourth-order valence-electron chi connectivity index (χ4n) is 1.75. The lowest BCUT2D eigenvalue weighted by atomic mass is 9.92. The number of aliphatic hydroxyl groups excluding tert-OH is 1. The van der Waals surface area contributed by atoms with E-state index in [2.05, 4.69) is 5.10 Å². The second-order valence-electron chi connectivity index (χ2n) is 3.39. The normalized spacial score (nSPS) is 28.6. The third kappa shape index (κ3) is 1.04. The summed E-state index contributed by atoms with van der Waals surface area (Å²) in [5, 5.41) is 13.7. The molecule has 2 atom stereocenters. The molecule has 2 unspecified atom stereocenters. The number of hydrogen-bond acceptors (Lipinski definition) is 3. The highest BCUT2D eigenvalue weighted by molar-refractivity contribution is 5.24. The van der Waals surface area contributed by atoms with Crippen LogP contribution in [0.5, 0.6) is 0 Å². The van der Waals surface area contributed by atoms with Gasteiger partial charge in [0.1, 0.15) is 0 Å². The molecular formula is C8H13N3O. The minimum absolute atomic E-state index is 0.0721. The first-order chi connectivity index (χ1) is 5.68. The molecule has 1 aromatic heterocycles. The minimum atomic E-state index is -0.419. The highest BCUT2D eigenvalue weighted by atomic mass is 16.3. The van der Waals surface area contributed by atoms with E-state index in [0.717, 1.165) is 17.7 Å². The van der Waals surface area contributed by atoms with Gasteiger partial charge in [0.2, 0.25) is 0 Å². The lowest BCUT2D eigenvalue weighted by Gasteiger charge is -2.23. The minimum Gasteiger partial charge on any atom is -0.388 e. The van der Waals surface area contributed by atoms with Crippen molar-refractivity contribution in [2.24, 2.45) is 12.8 Å². The van der Waals surface area contributed by atoms with Crippen LogP contribution in [-0.2, 0) is 13.5 Å². The third-order valence-corrected chi connectivity index (χ3v) is 2.43. The zero-order chi connectivity index (χ0) is 8.72. The van der Waals surface area contributed by atoms with Gasteiger partial charge in [-0.25, -0.2) is 0 Å². The highest BCUT2D eigenvalue weighted by Crippen LogP contribution is 2.27. The van der Waals surface area contributed by atoms with Gasteiger partial charge >= 0.3 is 0 Å². The Morgan fingerprint density at radius 2 is 2.50 bits per heavy atom. The van der Waals surface area contributed by atoms with Gasteiger partial charge in [-0.1, -0.05) is 0 Å². The predicted octanol–water partition coefficient (Wildman–Crippen LogP) is -0.273. The van der Waals surface area contributed by atoms with Gasteiger partial charge in [-0.05, 0) is 6.42 Å². The van der Waals surface area contributed by atoms with Crippen molar-refractivity contribution in [2.75, 3.05) is 0 Å². The van der Waals surface area contributed by atoms with E-state index in [-0.39, 0.29) is 6.04 Å². The fourth-order valence-corrected chi connectivity index (χ4v) is 1.75. The molecule has 66 valence electrons. The van der Waals surface area contributed by atoms with Gasteiger partial charge in [0, 0.05) is 30.8 Å². The summed E-state index contributed by atoms with van der Waals surface area (Å²) in [6.45, 7) is 0. The molecule has 0 amide bonds. The van der Waals surface area contributed by atoms with Crippen molar-refractivity contribution in [3.8, 4) is 0 Å². The average Bonchev–Trinajstić information content (AvgIpc) is 2.33. The molecule has 4 heteroatoms. The number of nitrogens with two attached hydrogens (primary N) is 1. The molecule has 0 radical (unpaired) electrons. The number of nitrogens with zero attached hydrogens (tertiary/aromatic N) is 2. The molecule has 1 aliphatic carbocycles. The molecule has 1 aliphatic rings. The monoisotopic (exact) mass is 167 g/mol. The molecule has 4 nitrogen and oxygen atoms in total. The van der Waals surface area contributed by atoms with Crippen molar-refractivity contribution in [3.05, 3.63) is 17.5 Å². The topological polar surface area (TPSA) is 64.1 Å². The molecule has 0 bridgehead atoms. The van der Waals surface area contributed by atoms with Crippen molar-refractivity contribution >= 4 is 0 Å². The predicted molar refractivity (Wildman–Crippen MR) is 44.5 cm³/mol. The first-order valence-electron chi connectivity index (χ1n) is 4.13. The van der Waals surface area contributed by atoms with Crippen LogP contribution in [0.25, 0.3) is 0 Å². The van der Waals surface area contributed by atoms with Crippen LogP contribution < -0.4 is 5.73 Å². The summed E-state index contributed by atoms with van der Waals surface area (Å²) in [7, 11) is 1.88. The zero-order valence-corrected chi connectivity index (χ0v) is 7.07.